The number of hydrogen-bond acceptors (Lipinski definition) is 3. The number of para-hydroxylation sites is 1. The Kier molecular flexibility index (Phi) is 6.13. The summed E-state index contributed by atoms with van der Waals surface area (Å²) in [5.41, 5.74) is 3.67. The van der Waals surface area contributed by atoms with Gasteiger partial charge in [0.25, 0.3) is 0 Å². The van der Waals surface area contributed by atoms with E-state index in [4.69, 9.17) is 4.74 Å². The molecule has 4 heteroatoms. The third-order valence-electron chi connectivity index (χ3n) is 5.33. The molecule has 4 rings (SSSR count). The minimum atomic E-state index is -0.297. The lowest BCUT2D eigenvalue weighted by Gasteiger charge is -2.12. The molecule has 4 nitrogen and oxygen atoms in total. The van der Waals surface area contributed by atoms with Crippen LogP contribution in [0.25, 0.3) is 21.8 Å². The van der Waals surface area contributed by atoms with Crippen LogP contribution in [0.4, 0.5) is 0 Å². The lowest BCUT2D eigenvalue weighted by Crippen LogP contribution is -2.29. The zero-order valence-electron chi connectivity index (χ0n) is 16.8. The van der Waals surface area contributed by atoms with Crippen molar-refractivity contribution in [3.8, 4) is 5.75 Å². The van der Waals surface area contributed by atoms with Gasteiger partial charge in [0.1, 0.15) is 12.4 Å². The van der Waals surface area contributed by atoms with Gasteiger partial charge in [0.15, 0.2) is 0 Å². The first-order valence-corrected chi connectivity index (χ1v) is 10.3. The highest BCUT2D eigenvalue weighted by Crippen LogP contribution is 2.36. The first kappa shape index (κ1) is 19.5. The van der Waals surface area contributed by atoms with Crippen LogP contribution in [0.2, 0.25) is 0 Å². The van der Waals surface area contributed by atoms with Gasteiger partial charge in [-0.2, -0.15) is 0 Å². The van der Waals surface area contributed by atoms with Crippen LogP contribution >= 0.6 is 0 Å². The Balaban J connectivity index is 1.63. The molecule has 0 aliphatic heterocycles. The summed E-state index contributed by atoms with van der Waals surface area (Å²) in [4.78, 5) is 0. The van der Waals surface area contributed by atoms with Crippen molar-refractivity contribution in [2.75, 3.05) is 19.7 Å². The Morgan fingerprint density at radius 2 is 1.69 bits per heavy atom. The van der Waals surface area contributed by atoms with Crippen LogP contribution in [-0.4, -0.2) is 35.5 Å². The van der Waals surface area contributed by atoms with Crippen molar-refractivity contribution in [3.63, 3.8) is 0 Å². The summed E-state index contributed by atoms with van der Waals surface area (Å²) in [7, 11) is 0. The van der Waals surface area contributed by atoms with Gasteiger partial charge in [0.05, 0.1) is 11.6 Å². The second-order valence-corrected chi connectivity index (χ2v) is 7.35. The maximum atomic E-state index is 9.65. The molecule has 0 fully saturated rings. The van der Waals surface area contributed by atoms with E-state index >= 15 is 0 Å². The van der Waals surface area contributed by atoms with E-state index in [0.29, 0.717) is 19.7 Å². The number of aliphatic hydroxyl groups is 1. The highest BCUT2D eigenvalue weighted by Gasteiger charge is 2.14. The number of aliphatic hydroxyl groups excluding tert-OH is 1. The summed E-state index contributed by atoms with van der Waals surface area (Å²) >= 11 is 0. The van der Waals surface area contributed by atoms with E-state index in [1.54, 1.807) is 0 Å². The number of rotatable bonds is 9. The summed E-state index contributed by atoms with van der Waals surface area (Å²) in [5.74, 6) is 0.906. The molecular formula is C25H28N2O2. The quantitative estimate of drug-likeness (QED) is 0.413. The predicted molar refractivity (Wildman–Crippen MR) is 120 cm³/mol. The molecule has 1 heterocycles. The van der Waals surface area contributed by atoms with Gasteiger partial charge in [0, 0.05) is 35.9 Å². The van der Waals surface area contributed by atoms with E-state index in [0.717, 1.165) is 24.1 Å². The van der Waals surface area contributed by atoms with Crippen molar-refractivity contribution in [2.45, 2.75) is 26.0 Å². The maximum absolute atomic E-state index is 9.65. The Morgan fingerprint density at radius 1 is 0.931 bits per heavy atom. The molecule has 0 radical (unpaired) electrons. The van der Waals surface area contributed by atoms with Crippen molar-refractivity contribution >= 4 is 21.8 Å². The van der Waals surface area contributed by atoms with Gasteiger partial charge in [-0.1, -0.05) is 61.5 Å². The van der Waals surface area contributed by atoms with Crippen LogP contribution in [0.1, 0.15) is 18.9 Å². The van der Waals surface area contributed by atoms with Crippen molar-refractivity contribution in [3.05, 3.63) is 78.4 Å². The van der Waals surface area contributed by atoms with Crippen LogP contribution in [0, 0.1) is 0 Å². The molecule has 1 atom stereocenters. The number of aromatic nitrogens is 1. The summed E-state index contributed by atoms with van der Waals surface area (Å²) in [6.07, 6.45) is 0.461. The molecule has 3 aromatic carbocycles. The molecule has 0 saturated heterocycles. The molecule has 150 valence electrons. The summed E-state index contributed by atoms with van der Waals surface area (Å²) in [5, 5.41) is 15.3. The van der Waals surface area contributed by atoms with Gasteiger partial charge in [-0.3, -0.25) is 0 Å². The van der Waals surface area contributed by atoms with Gasteiger partial charge in [0.2, 0.25) is 0 Å². The highest BCUT2D eigenvalue weighted by molar-refractivity contribution is 6.11. The number of nitrogens with one attached hydrogen (secondary N) is 1. The predicted octanol–water partition coefficient (Wildman–Crippen LogP) is 4.58. The lowest BCUT2D eigenvalue weighted by atomic mass is 10.1. The summed E-state index contributed by atoms with van der Waals surface area (Å²) in [6.45, 7) is 4.67. The average molecular weight is 389 g/mol. The van der Waals surface area contributed by atoms with Gasteiger partial charge in [-0.05, 0) is 30.2 Å². The first-order valence-electron chi connectivity index (χ1n) is 10.3. The Labute approximate surface area is 171 Å². The topological polar surface area (TPSA) is 46.4 Å². The van der Waals surface area contributed by atoms with Gasteiger partial charge >= 0.3 is 0 Å². The van der Waals surface area contributed by atoms with E-state index in [9.17, 15) is 5.11 Å². The van der Waals surface area contributed by atoms with E-state index in [2.05, 4.69) is 76.6 Å². The van der Waals surface area contributed by atoms with Crippen molar-refractivity contribution in [1.82, 2.24) is 9.88 Å². The SMILES string of the molecule is CCC(O)CNCCOc1cccc2c1c1ccccc1n2Cc1ccccc1. The molecule has 4 aromatic rings. The fourth-order valence-electron chi connectivity index (χ4n) is 3.77. The summed E-state index contributed by atoms with van der Waals surface area (Å²) < 4.78 is 8.51. The average Bonchev–Trinajstić information content (AvgIpc) is 3.08. The van der Waals surface area contributed by atoms with E-state index in [-0.39, 0.29) is 6.10 Å². The number of nitrogens with zero attached hydrogens (tertiary/aromatic N) is 1. The van der Waals surface area contributed by atoms with Gasteiger partial charge < -0.3 is 19.7 Å². The molecule has 0 amide bonds. The molecule has 0 saturated carbocycles. The second-order valence-electron chi connectivity index (χ2n) is 7.35. The van der Waals surface area contributed by atoms with Crippen LogP contribution in [0.15, 0.2) is 72.8 Å². The van der Waals surface area contributed by atoms with E-state index < -0.39 is 0 Å². The monoisotopic (exact) mass is 388 g/mol. The van der Waals surface area contributed by atoms with Gasteiger partial charge in [-0.15, -0.1) is 0 Å². The van der Waals surface area contributed by atoms with Crippen LogP contribution in [-0.2, 0) is 6.54 Å². The second kappa shape index (κ2) is 9.12. The number of fused-ring (bicyclic) bond motifs is 3. The minimum Gasteiger partial charge on any atom is -0.492 e. The van der Waals surface area contributed by atoms with Crippen LogP contribution in [0.3, 0.4) is 0 Å². The molecule has 0 aliphatic rings. The maximum Gasteiger partial charge on any atom is 0.129 e. The molecule has 0 bridgehead atoms. The minimum absolute atomic E-state index is 0.297. The van der Waals surface area contributed by atoms with Crippen molar-refractivity contribution in [1.29, 1.82) is 0 Å². The fraction of sp³-hybridized carbons (Fsp3) is 0.280. The Morgan fingerprint density at radius 3 is 2.52 bits per heavy atom. The highest BCUT2D eigenvalue weighted by atomic mass is 16.5. The van der Waals surface area contributed by atoms with Crippen LogP contribution in [0.5, 0.6) is 5.75 Å². The molecule has 0 aliphatic carbocycles. The fourth-order valence-corrected chi connectivity index (χ4v) is 3.77. The van der Waals surface area contributed by atoms with Gasteiger partial charge in [-0.25, -0.2) is 0 Å². The van der Waals surface area contributed by atoms with E-state index in [1.165, 1.54) is 22.0 Å². The molecule has 2 N–H and O–H groups in total. The van der Waals surface area contributed by atoms with Crippen molar-refractivity contribution in [2.24, 2.45) is 0 Å². The third-order valence-corrected chi connectivity index (χ3v) is 5.33. The standard InChI is InChI=1S/C25H28N2O2/c1-2-20(28)17-26-15-16-29-24-14-8-13-23-25(24)21-11-6-7-12-22(21)27(23)18-19-9-4-3-5-10-19/h3-14,20,26,28H,2,15-18H2,1H3. The Hall–Kier alpha value is -2.82. The molecule has 1 aromatic heterocycles. The zero-order valence-corrected chi connectivity index (χ0v) is 16.8. The number of ether oxygens (including phenoxy) is 1. The van der Waals surface area contributed by atoms with Crippen molar-refractivity contribution < 1.29 is 9.84 Å². The smallest absolute Gasteiger partial charge is 0.129 e. The molecular weight excluding hydrogens is 360 g/mol. The summed E-state index contributed by atoms with van der Waals surface area (Å²) in [6, 6.07) is 25.3. The third kappa shape index (κ3) is 4.29. The molecule has 29 heavy (non-hydrogen) atoms. The Bertz CT molecular complexity index is 1070. The zero-order chi connectivity index (χ0) is 20.1. The normalized spacial score (nSPS) is 12.5. The number of benzene rings is 3. The first-order chi connectivity index (χ1) is 14.3. The number of hydrogen-bond donors (Lipinski definition) is 2. The largest absolute Gasteiger partial charge is 0.492 e. The molecule has 0 spiro atoms. The van der Waals surface area contributed by atoms with E-state index in [1.807, 2.05) is 13.0 Å². The van der Waals surface area contributed by atoms with Crippen LogP contribution < -0.4 is 10.1 Å². The lowest BCUT2D eigenvalue weighted by molar-refractivity contribution is 0.165. The molecule has 1 unspecified atom stereocenters.